The minimum Gasteiger partial charge on any atom is -0.468 e. The summed E-state index contributed by atoms with van der Waals surface area (Å²) in [7, 11) is 1.34. The lowest BCUT2D eigenvalue weighted by Gasteiger charge is -2.15. The normalized spacial score (nSPS) is 17.6. The first kappa shape index (κ1) is 12.0. The molecule has 0 aromatic heterocycles. The van der Waals surface area contributed by atoms with Crippen molar-refractivity contribution in [2.45, 2.75) is 31.1 Å². The van der Waals surface area contributed by atoms with E-state index in [4.69, 9.17) is 4.74 Å². The number of rotatable bonds is 3. The van der Waals surface area contributed by atoms with E-state index < -0.39 is 11.3 Å². The fourth-order valence-electron chi connectivity index (χ4n) is 2.01. The minimum absolute atomic E-state index is 0.0399. The van der Waals surface area contributed by atoms with Crippen LogP contribution in [0.5, 0.6) is 0 Å². The molecule has 0 saturated heterocycles. The van der Waals surface area contributed by atoms with Gasteiger partial charge in [-0.2, -0.15) is 0 Å². The number of alkyl halides is 2. The molecule has 0 N–H and O–H groups in total. The number of benzene rings is 1. The molecule has 1 fully saturated rings. The lowest BCUT2D eigenvalue weighted by atomic mass is 9.94. The van der Waals surface area contributed by atoms with Crippen molar-refractivity contribution in [3.05, 3.63) is 35.4 Å². The topological polar surface area (TPSA) is 26.3 Å². The van der Waals surface area contributed by atoms with Crippen LogP contribution < -0.4 is 0 Å². The average molecular weight is 240 g/mol. The van der Waals surface area contributed by atoms with Crippen LogP contribution in [-0.2, 0) is 20.9 Å². The molecular weight excluding hydrogens is 226 g/mol. The fraction of sp³-hybridized carbons (Fsp3) is 0.462. The molecule has 0 heterocycles. The Morgan fingerprint density at radius 2 is 1.82 bits per heavy atom. The highest BCUT2D eigenvalue weighted by atomic mass is 19.3. The van der Waals surface area contributed by atoms with Crippen molar-refractivity contribution in [2.75, 3.05) is 7.11 Å². The number of hydrogen-bond acceptors (Lipinski definition) is 2. The van der Waals surface area contributed by atoms with Crippen LogP contribution in [0.25, 0.3) is 0 Å². The summed E-state index contributed by atoms with van der Waals surface area (Å²) in [4.78, 5) is 11.6. The Hall–Kier alpha value is -1.45. The average Bonchev–Trinajstić information content (AvgIpc) is 3.08. The molecule has 0 unspecified atom stereocenters. The van der Waals surface area contributed by atoms with E-state index in [1.807, 2.05) is 0 Å². The molecule has 92 valence electrons. The van der Waals surface area contributed by atoms with Crippen molar-refractivity contribution >= 4 is 5.97 Å². The molecule has 0 radical (unpaired) electrons. The van der Waals surface area contributed by atoms with E-state index in [2.05, 4.69) is 0 Å². The Labute approximate surface area is 98.6 Å². The molecule has 0 bridgehead atoms. The molecule has 17 heavy (non-hydrogen) atoms. The predicted molar refractivity (Wildman–Crippen MR) is 58.9 cm³/mol. The van der Waals surface area contributed by atoms with Crippen LogP contribution >= 0.6 is 0 Å². The van der Waals surface area contributed by atoms with E-state index in [1.165, 1.54) is 19.2 Å². The van der Waals surface area contributed by atoms with Crippen molar-refractivity contribution in [1.82, 2.24) is 0 Å². The summed E-state index contributed by atoms with van der Waals surface area (Å²) in [5, 5.41) is 0. The maximum absolute atomic E-state index is 13.0. The second-order valence-corrected chi connectivity index (χ2v) is 4.54. The lowest BCUT2D eigenvalue weighted by molar-refractivity contribution is -0.143. The van der Waals surface area contributed by atoms with Gasteiger partial charge in [-0.15, -0.1) is 0 Å². The Bertz CT molecular complexity index is 428. The molecule has 1 saturated carbocycles. The summed E-state index contributed by atoms with van der Waals surface area (Å²) in [6.45, 7) is 0.856. The summed E-state index contributed by atoms with van der Waals surface area (Å²) in [5.41, 5.74) is 0.135. The van der Waals surface area contributed by atoms with Gasteiger partial charge >= 0.3 is 5.97 Å². The first-order valence-corrected chi connectivity index (χ1v) is 5.47. The maximum atomic E-state index is 13.0. The van der Waals surface area contributed by atoms with Gasteiger partial charge in [0.25, 0.3) is 5.92 Å². The van der Waals surface area contributed by atoms with Gasteiger partial charge in [-0.25, -0.2) is 8.78 Å². The highest BCUT2D eigenvalue weighted by Crippen LogP contribution is 2.49. The molecular formula is C13H14F2O2. The number of halogens is 2. The zero-order valence-electron chi connectivity index (χ0n) is 9.80. The third-order valence-corrected chi connectivity index (χ3v) is 3.27. The smallest absolute Gasteiger partial charge is 0.316 e. The molecule has 2 nitrogen and oxygen atoms in total. The number of ether oxygens (including phenoxy) is 1. The van der Waals surface area contributed by atoms with E-state index in [0.29, 0.717) is 0 Å². The van der Waals surface area contributed by atoms with Crippen LogP contribution in [0.3, 0.4) is 0 Å². The fourth-order valence-corrected chi connectivity index (χ4v) is 2.01. The van der Waals surface area contributed by atoms with E-state index in [-0.39, 0.29) is 11.5 Å². The van der Waals surface area contributed by atoms with Crippen LogP contribution in [0.2, 0.25) is 0 Å². The summed E-state index contributed by atoms with van der Waals surface area (Å²) < 4.78 is 30.8. The van der Waals surface area contributed by atoms with Crippen molar-refractivity contribution in [2.24, 2.45) is 0 Å². The standard InChI is InChI=1S/C13H14F2O2/c1-12(14,15)9-3-5-10(6-4-9)13(7-8-13)11(16)17-2/h3-6H,7-8H2,1-2H3. The van der Waals surface area contributed by atoms with E-state index in [1.54, 1.807) is 12.1 Å². The second-order valence-electron chi connectivity index (χ2n) is 4.54. The van der Waals surface area contributed by atoms with Crippen molar-refractivity contribution < 1.29 is 18.3 Å². The van der Waals surface area contributed by atoms with Crippen LogP contribution in [0, 0.1) is 0 Å². The molecule has 1 aromatic carbocycles. The summed E-state index contributed by atoms with van der Waals surface area (Å²) in [5.74, 6) is -3.13. The number of methoxy groups -OCH3 is 1. The number of esters is 1. The van der Waals surface area contributed by atoms with Crippen LogP contribution in [0.4, 0.5) is 8.78 Å². The third kappa shape index (κ3) is 2.04. The maximum Gasteiger partial charge on any atom is 0.316 e. The molecule has 0 atom stereocenters. The number of carbonyl (C=O) groups excluding carboxylic acids is 1. The Balaban J connectivity index is 2.28. The Morgan fingerprint density at radius 3 is 2.18 bits per heavy atom. The van der Waals surface area contributed by atoms with Crippen LogP contribution in [-0.4, -0.2) is 13.1 Å². The Kier molecular flexibility index (Phi) is 2.68. The minimum atomic E-state index is -2.85. The second kappa shape index (κ2) is 3.79. The lowest BCUT2D eigenvalue weighted by Crippen LogP contribution is -2.22. The zero-order valence-corrected chi connectivity index (χ0v) is 9.80. The van der Waals surface area contributed by atoms with Gasteiger partial charge < -0.3 is 4.74 Å². The zero-order chi connectivity index (χ0) is 12.7. The van der Waals surface area contributed by atoms with Crippen LogP contribution in [0.15, 0.2) is 24.3 Å². The molecule has 4 heteroatoms. The molecule has 1 aromatic rings. The van der Waals surface area contributed by atoms with Gasteiger partial charge in [-0.3, -0.25) is 4.79 Å². The molecule has 0 aliphatic heterocycles. The SMILES string of the molecule is COC(=O)C1(c2ccc(C(C)(F)F)cc2)CC1. The highest BCUT2D eigenvalue weighted by molar-refractivity contribution is 5.86. The first-order chi connectivity index (χ1) is 7.90. The summed E-state index contributed by atoms with van der Waals surface area (Å²) in [6.07, 6.45) is 1.45. The van der Waals surface area contributed by atoms with Gasteiger partial charge in [0.05, 0.1) is 12.5 Å². The van der Waals surface area contributed by atoms with Gasteiger partial charge in [0, 0.05) is 12.5 Å². The molecule has 2 rings (SSSR count). The van der Waals surface area contributed by atoms with Crippen LogP contribution in [0.1, 0.15) is 30.9 Å². The predicted octanol–water partition coefficient (Wildman–Crippen LogP) is 3.00. The van der Waals surface area contributed by atoms with Gasteiger partial charge in [-0.05, 0) is 18.4 Å². The Morgan fingerprint density at radius 1 is 1.29 bits per heavy atom. The van der Waals surface area contributed by atoms with E-state index in [9.17, 15) is 13.6 Å². The monoisotopic (exact) mass is 240 g/mol. The molecule has 1 aliphatic rings. The van der Waals surface area contributed by atoms with Gasteiger partial charge in [0.1, 0.15) is 0 Å². The summed E-state index contributed by atoms with van der Waals surface area (Å²) >= 11 is 0. The number of carbonyl (C=O) groups is 1. The van der Waals surface area contributed by atoms with Gasteiger partial charge in [-0.1, -0.05) is 24.3 Å². The molecule has 1 aliphatic carbocycles. The van der Waals surface area contributed by atoms with Gasteiger partial charge in [0.2, 0.25) is 0 Å². The van der Waals surface area contributed by atoms with Crippen molar-refractivity contribution in [3.8, 4) is 0 Å². The van der Waals surface area contributed by atoms with E-state index in [0.717, 1.165) is 25.3 Å². The third-order valence-electron chi connectivity index (χ3n) is 3.27. The summed E-state index contributed by atoms with van der Waals surface area (Å²) in [6, 6.07) is 5.93. The molecule has 0 spiro atoms. The highest BCUT2D eigenvalue weighted by Gasteiger charge is 2.52. The van der Waals surface area contributed by atoms with Crippen molar-refractivity contribution in [3.63, 3.8) is 0 Å². The van der Waals surface area contributed by atoms with Gasteiger partial charge in [0.15, 0.2) is 0 Å². The number of hydrogen-bond donors (Lipinski definition) is 0. The molecule has 0 amide bonds. The van der Waals surface area contributed by atoms with Crippen molar-refractivity contribution in [1.29, 1.82) is 0 Å². The van der Waals surface area contributed by atoms with E-state index >= 15 is 0 Å². The largest absolute Gasteiger partial charge is 0.468 e. The first-order valence-electron chi connectivity index (χ1n) is 5.47. The quantitative estimate of drug-likeness (QED) is 0.759.